The van der Waals surface area contributed by atoms with E-state index in [4.69, 9.17) is 9.47 Å². The van der Waals surface area contributed by atoms with Crippen LogP contribution in [0.25, 0.3) is 0 Å². The molecule has 0 aromatic carbocycles. The first-order valence-corrected chi connectivity index (χ1v) is 4.04. The van der Waals surface area contributed by atoms with E-state index in [9.17, 15) is 4.79 Å². The van der Waals surface area contributed by atoms with Gasteiger partial charge in [-0.15, -0.1) is 0 Å². The SMILES string of the molecule is O=C1NCC2(COCCN2)CO1. The van der Waals surface area contributed by atoms with Crippen LogP contribution in [0.3, 0.4) is 0 Å². The summed E-state index contributed by atoms with van der Waals surface area (Å²) in [5.74, 6) is 0. The van der Waals surface area contributed by atoms with E-state index in [-0.39, 0.29) is 11.6 Å². The van der Waals surface area contributed by atoms with Crippen LogP contribution in [0.2, 0.25) is 0 Å². The molecule has 0 radical (unpaired) electrons. The highest BCUT2D eigenvalue weighted by atomic mass is 16.6. The summed E-state index contributed by atoms with van der Waals surface area (Å²) >= 11 is 0. The lowest BCUT2D eigenvalue weighted by Crippen LogP contribution is -2.66. The highest BCUT2D eigenvalue weighted by Crippen LogP contribution is 2.12. The van der Waals surface area contributed by atoms with Crippen molar-refractivity contribution >= 4 is 6.09 Å². The molecule has 1 spiro atoms. The van der Waals surface area contributed by atoms with Crippen LogP contribution in [-0.2, 0) is 9.47 Å². The Hall–Kier alpha value is -0.810. The van der Waals surface area contributed by atoms with Gasteiger partial charge in [-0.25, -0.2) is 4.79 Å². The molecule has 68 valence electrons. The Kier molecular flexibility index (Phi) is 1.90. The van der Waals surface area contributed by atoms with Gasteiger partial charge in [-0.1, -0.05) is 0 Å². The number of nitrogens with one attached hydrogen (secondary N) is 2. The molecule has 2 aliphatic rings. The standard InChI is InChI=1S/C7H12N2O3/c10-6-8-3-7(5-12-6)4-11-2-1-9-7/h9H,1-5H2,(H,8,10). The summed E-state index contributed by atoms with van der Waals surface area (Å²) in [6, 6.07) is 0. The van der Waals surface area contributed by atoms with E-state index >= 15 is 0 Å². The maximum Gasteiger partial charge on any atom is 0.407 e. The molecule has 2 heterocycles. The van der Waals surface area contributed by atoms with Gasteiger partial charge in [-0.05, 0) is 0 Å². The van der Waals surface area contributed by atoms with Crippen molar-refractivity contribution in [2.24, 2.45) is 0 Å². The zero-order valence-corrected chi connectivity index (χ0v) is 6.76. The average Bonchev–Trinajstić information content (AvgIpc) is 2.13. The Morgan fingerprint density at radius 2 is 2.33 bits per heavy atom. The van der Waals surface area contributed by atoms with Crippen LogP contribution in [-0.4, -0.2) is 44.5 Å². The van der Waals surface area contributed by atoms with Gasteiger partial charge in [0.25, 0.3) is 0 Å². The summed E-state index contributed by atoms with van der Waals surface area (Å²) in [4.78, 5) is 10.7. The van der Waals surface area contributed by atoms with Crippen molar-refractivity contribution in [2.45, 2.75) is 5.54 Å². The van der Waals surface area contributed by atoms with Crippen molar-refractivity contribution in [3.8, 4) is 0 Å². The molecule has 2 N–H and O–H groups in total. The maximum atomic E-state index is 10.7. The molecule has 2 rings (SSSR count). The molecule has 0 aromatic heterocycles. The molecule has 2 fully saturated rings. The molecular formula is C7H12N2O3. The van der Waals surface area contributed by atoms with Gasteiger partial charge >= 0.3 is 6.09 Å². The second-order valence-corrected chi connectivity index (χ2v) is 3.19. The van der Waals surface area contributed by atoms with E-state index in [1.54, 1.807) is 0 Å². The van der Waals surface area contributed by atoms with E-state index in [0.29, 0.717) is 19.8 Å². The number of carbonyl (C=O) groups excluding carboxylic acids is 1. The van der Waals surface area contributed by atoms with Crippen LogP contribution in [0.15, 0.2) is 0 Å². The number of alkyl carbamates (subject to hydrolysis) is 1. The van der Waals surface area contributed by atoms with Crippen LogP contribution < -0.4 is 10.6 Å². The van der Waals surface area contributed by atoms with Crippen molar-refractivity contribution < 1.29 is 14.3 Å². The second kappa shape index (κ2) is 2.91. The quantitative estimate of drug-likeness (QED) is 0.496. The molecule has 0 aliphatic carbocycles. The van der Waals surface area contributed by atoms with Crippen molar-refractivity contribution in [3.63, 3.8) is 0 Å². The smallest absolute Gasteiger partial charge is 0.407 e. The van der Waals surface area contributed by atoms with Gasteiger partial charge in [0, 0.05) is 13.1 Å². The van der Waals surface area contributed by atoms with E-state index in [2.05, 4.69) is 10.6 Å². The lowest BCUT2D eigenvalue weighted by molar-refractivity contribution is -0.0195. The first-order chi connectivity index (χ1) is 5.81. The summed E-state index contributed by atoms with van der Waals surface area (Å²) in [5, 5.41) is 5.93. The Morgan fingerprint density at radius 1 is 1.42 bits per heavy atom. The lowest BCUT2D eigenvalue weighted by Gasteiger charge is -2.40. The molecule has 2 saturated heterocycles. The van der Waals surface area contributed by atoms with Crippen LogP contribution in [0.4, 0.5) is 4.79 Å². The molecule has 1 unspecified atom stereocenters. The van der Waals surface area contributed by atoms with E-state index in [1.807, 2.05) is 0 Å². The largest absolute Gasteiger partial charge is 0.447 e. The van der Waals surface area contributed by atoms with Crippen LogP contribution in [0.1, 0.15) is 0 Å². The highest BCUT2D eigenvalue weighted by molar-refractivity contribution is 5.68. The molecule has 0 bridgehead atoms. The van der Waals surface area contributed by atoms with Gasteiger partial charge in [-0.3, -0.25) is 0 Å². The summed E-state index contributed by atoms with van der Waals surface area (Å²) in [6.07, 6.45) is -0.340. The fourth-order valence-electron chi connectivity index (χ4n) is 1.46. The zero-order chi connectivity index (χ0) is 8.44. The van der Waals surface area contributed by atoms with Crippen LogP contribution in [0.5, 0.6) is 0 Å². The van der Waals surface area contributed by atoms with E-state index < -0.39 is 0 Å². The summed E-state index contributed by atoms with van der Waals surface area (Å²) in [6.45, 7) is 3.15. The van der Waals surface area contributed by atoms with Gasteiger partial charge in [0.15, 0.2) is 0 Å². The third-order valence-electron chi connectivity index (χ3n) is 2.18. The topological polar surface area (TPSA) is 59.6 Å². The first kappa shape index (κ1) is 7.82. The molecule has 0 saturated carbocycles. The third-order valence-corrected chi connectivity index (χ3v) is 2.18. The minimum atomic E-state index is -0.340. The Labute approximate surface area is 70.4 Å². The Bertz CT molecular complexity index is 177. The predicted molar refractivity (Wildman–Crippen MR) is 40.9 cm³/mol. The van der Waals surface area contributed by atoms with Gasteiger partial charge in [0.2, 0.25) is 0 Å². The molecular weight excluding hydrogens is 160 g/mol. The number of amides is 1. The van der Waals surface area contributed by atoms with E-state index in [1.165, 1.54) is 0 Å². The Balaban J connectivity index is 1.96. The van der Waals surface area contributed by atoms with Crippen LogP contribution >= 0.6 is 0 Å². The zero-order valence-electron chi connectivity index (χ0n) is 6.76. The number of ether oxygens (including phenoxy) is 2. The number of carbonyl (C=O) groups is 1. The van der Waals surface area contributed by atoms with Crippen molar-refractivity contribution in [3.05, 3.63) is 0 Å². The van der Waals surface area contributed by atoms with Gasteiger partial charge in [0.1, 0.15) is 6.61 Å². The van der Waals surface area contributed by atoms with Crippen molar-refractivity contribution in [2.75, 3.05) is 32.9 Å². The maximum absolute atomic E-state index is 10.7. The number of morpholine rings is 1. The first-order valence-electron chi connectivity index (χ1n) is 4.04. The summed E-state index contributed by atoms with van der Waals surface area (Å²) < 4.78 is 10.2. The number of cyclic esters (lactones) is 1. The minimum Gasteiger partial charge on any atom is -0.447 e. The lowest BCUT2D eigenvalue weighted by atomic mass is 10.00. The molecule has 5 nitrogen and oxygen atoms in total. The fraction of sp³-hybridized carbons (Fsp3) is 0.857. The molecule has 1 atom stereocenters. The van der Waals surface area contributed by atoms with Gasteiger partial charge in [-0.2, -0.15) is 0 Å². The summed E-state index contributed by atoms with van der Waals surface area (Å²) in [5.41, 5.74) is -0.188. The normalized spacial score (nSPS) is 35.8. The molecule has 1 amide bonds. The summed E-state index contributed by atoms with van der Waals surface area (Å²) in [7, 11) is 0. The predicted octanol–water partition coefficient (Wildman–Crippen LogP) is -0.915. The van der Waals surface area contributed by atoms with Crippen molar-refractivity contribution in [1.29, 1.82) is 0 Å². The Morgan fingerprint density at radius 3 is 2.92 bits per heavy atom. The van der Waals surface area contributed by atoms with E-state index in [0.717, 1.165) is 13.2 Å². The van der Waals surface area contributed by atoms with Crippen LogP contribution in [0, 0.1) is 0 Å². The highest BCUT2D eigenvalue weighted by Gasteiger charge is 2.37. The minimum absolute atomic E-state index is 0.188. The number of hydrogen-bond acceptors (Lipinski definition) is 4. The third kappa shape index (κ3) is 1.37. The molecule has 5 heteroatoms. The molecule has 12 heavy (non-hydrogen) atoms. The second-order valence-electron chi connectivity index (χ2n) is 3.19. The molecule has 0 aromatic rings. The monoisotopic (exact) mass is 172 g/mol. The van der Waals surface area contributed by atoms with Gasteiger partial charge in [0.05, 0.1) is 18.8 Å². The van der Waals surface area contributed by atoms with Gasteiger partial charge < -0.3 is 20.1 Å². The van der Waals surface area contributed by atoms with Crippen molar-refractivity contribution in [1.82, 2.24) is 10.6 Å². The average molecular weight is 172 g/mol. The fourth-order valence-corrected chi connectivity index (χ4v) is 1.46. The number of hydrogen-bond donors (Lipinski definition) is 2. The molecule has 2 aliphatic heterocycles. The number of rotatable bonds is 0.